The van der Waals surface area contributed by atoms with E-state index in [9.17, 15) is 9.59 Å². The highest BCUT2D eigenvalue weighted by Crippen LogP contribution is 2.17. The second kappa shape index (κ2) is 5.96. The van der Waals surface area contributed by atoms with Crippen molar-refractivity contribution in [3.05, 3.63) is 60.2 Å². The summed E-state index contributed by atoms with van der Waals surface area (Å²) in [6, 6.07) is 7.08. The molecular weight excluding hydrogens is 270 g/mol. The molecule has 0 atom stereocenters. The fraction of sp³-hybridized carbons (Fsp3) is 0.0667. The van der Waals surface area contributed by atoms with Crippen molar-refractivity contribution in [1.29, 1.82) is 0 Å². The lowest BCUT2D eigenvalue weighted by Crippen LogP contribution is -2.19. The van der Waals surface area contributed by atoms with Gasteiger partial charge in [0.05, 0.1) is 0 Å². The van der Waals surface area contributed by atoms with Gasteiger partial charge in [0.1, 0.15) is 0 Å². The van der Waals surface area contributed by atoms with E-state index in [1.54, 1.807) is 18.2 Å². The van der Waals surface area contributed by atoms with Gasteiger partial charge in [0.25, 0.3) is 5.91 Å². The predicted molar refractivity (Wildman–Crippen MR) is 78.1 cm³/mol. The smallest absolute Gasteiger partial charge is 0.356 e. The van der Waals surface area contributed by atoms with Crippen molar-refractivity contribution < 1.29 is 14.7 Å². The molecule has 2 N–H and O–H groups in total. The summed E-state index contributed by atoms with van der Waals surface area (Å²) in [7, 11) is 0. The molecular formula is C15H13N3O3. The van der Waals surface area contributed by atoms with E-state index in [0.717, 1.165) is 11.1 Å². The lowest BCUT2D eigenvalue weighted by atomic mass is 10.1. The molecule has 0 aliphatic rings. The third-order valence-electron chi connectivity index (χ3n) is 2.73. The van der Waals surface area contributed by atoms with Gasteiger partial charge in [0, 0.05) is 18.1 Å². The van der Waals surface area contributed by atoms with Crippen LogP contribution < -0.4 is 5.32 Å². The van der Waals surface area contributed by atoms with Crippen LogP contribution >= 0.6 is 0 Å². The molecule has 0 fully saturated rings. The Morgan fingerprint density at radius 2 is 1.86 bits per heavy atom. The first kappa shape index (κ1) is 14.4. The molecule has 0 spiro atoms. The number of nitrogens with zero attached hydrogens (tertiary/aromatic N) is 2. The number of aromatic carboxylic acids is 1. The molecule has 1 heterocycles. The Bertz CT molecular complexity index is 726. The van der Waals surface area contributed by atoms with Gasteiger partial charge in [-0.2, -0.15) is 0 Å². The van der Waals surface area contributed by atoms with E-state index in [0.29, 0.717) is 5.69 Å². The molecule has 1 aromatic heterocycles. The summed E-state index contributed by atoms with van der Waals surface area (Å²) in [6.07, 6.45) is 2.49. The lowest BCUT2D eigenvalue weighted by Gasteiger charge is -2.08. The van der Waals surface area contributed by atoms with Crippen LogP contribution in [0, 0.1) is 0 Å². The molecule has 0 bridgehead atoms. The molecule has 0 unspecified atom stereocenters. The molecule has 1 aromatic carbocycles. The maximum Gasteiger partial charge on any atom is 0.356 e. The van der Waals surface area contributed by atoms with Gasteiger partial charge in [-0.3, -0.25) is 4.79 Å². The minimum Gasteiger partial charge on any atom is -0.476 e. The number of carbonyl (C=O) groups is 2. The van der Waals surface area contributed by atoms with Crippen LogP contribution in [-0.2, 0) is 0 Å². The molecule has 1 amide bonds. The van der Waals surface area contributed by atoms with Crippen LogP contribution in [0.1, 0.15) is 33.5 Å². The Morgan fingerprint density at radius 1 is 1.19 bits per heavy atom. The van der Waals surface area contributed by atoms with E-state index in [2.05, 4.69) is 21.9 Å². The number of rotatable bonds is 4. The number of hydrogen-bond acceptors (Lipinski definition) is 4. The number of allylic oxidation sites excluding steroid dienone is 1. The summed E-state index contributed by atoms with van der Waals surface area (Å²) in [5.74, 6) is -1.93. The number of benzene rings is 1. The standard InChI is InChI=1S/C15H13N3O3/c1-9(2)10-4-3-5-11(8-10)18-14(19)12-13(15(20)21)17-7-6-16-12/h3-8H,1H2,2H3,(H,18,19)(H,20,21). The highest BCUT2D eigenvalue weighted by Gasteiger charge is 2.19. The van der Waals surface area contributed by atoms with Gasteiger partial charge in [0.2, 0.25) is 0 Å². The van der Waals surface area contributed by atoms with Crippen LogP contribution in [0.3, 0.4) is 0 Å². The first-order valence-electron chi connectivity index (χ1n) is 6.10. The minimum absolute atomic E-state index is 0.231. The average Bonchev–Trinajstić information content (AvgIpc) is 2.47. The zero-order valence-electron chi connectivity index (χ0n) is 11.3. The second-order valence-electron chi connectivity index (χ2n) is 4.37. The summed E-state index contributed by atoms with van der Waals surface area (Å²) in [5.41, 5.74) is 1.65. The molecule has 6 heteroatoms. The van der Waals surface area contributed by atoms with E-state index >= 15 is 0 Å². The van der Waals surface area contributed by atoms with Crippen LogP contribution in [0.5, 0.6) is 0 Å². The van der Waals surface area contributed by atoms with Crippen LogP contribution in [0.15, 0.2) is 43.2 Å². The van der Waals surface area contributed by atoms with E-state index in [1.807, 2.05) is 13.0 Å². The van der Waals surface area contributed by atoms with Crippen LogP contribution in [-0.4, -0.2) is 27.0 Å². The Morgan fingerprint density at radius 3 is 2.48 bits per heavy atom. The minimum atomic E-state index is -1.30. The van der Waals surface area contributed by atoms with Crippen molar-refractivity contribution in [3.8, 4) is 0 Å². The Balaban J connectivity index is 2.28. The summed E-state index contributed by atoms with van der Waals surface area (Å²) in [5, 5.41) is 11.6. The Labute approximate surface area is 121 Å². The number of carboxylic acid groups (broad SMARTS) is 1. The molecule has 0 radical (unpaired) electrons. The Hall–Kier alpha value is -3.02. The van der Waals surface area contributed by atoms with Gasteiger partial charge in [0.15, 0.2) is 11.4 Å². The lowest BCUT2D eigenvalue weighted by molar-refractivity contribution is 0.0685. The maximum atomic E-state index is 12.1. The van der Waals surface area contributed by atoms with Crippen molar-refractivity contribution in [2.24, 2.45) is 0 Å². The molecule has 6 nitrogen and oxygen atoms in total. The summed E-state index contributed by atoms with van der Waals surface area (Å²) in [6.45, 7) is 5.68. The third kappa shape index (κ3) is 3.30. The topological polar surface area (TPSA) is 92.2 Å². The van der Waals surface area contributed by atoms with Crippen LogP contribution in [0.25, 0.3) is 5.57 Å². The fourth-order valence-electron chi connectivity index (χ4n) is 1.71. The summed E-state index contributed by atoms with van der Waals surface area (Å²) >= 11 is 0. The van der Waals surface area contributed by atoms with Crippen molar-refractivity contribution in [2.75, 3.05) is 5.32 Å². The first-order valence-corrected chi connectivity index (χ1v) is 6.10. The zero-order valence-corrected chi connectivity index (χ0v) is 11.3. The molecule has 0 saturated carbocycles. The number of carboxylic acids is 1. The average molecular weight is 283 g/mol. The monoisotopic (exact) mass is 283 g/mol. The number of nitrogens with one attached hydrogen (secondary N) is 1. The molecule has 21 heavy (non-hydrogen) atoms. The van der Waals surface area contributed by atoms with Crippen LogP contribution in [0.4, 0.5) is 5.69 Å². The van der Waals surface area contributed by atoms with Crippen molar-refractivity contribution in [1.82, 2.24) is 9.97 Å². The summed E-state index contributed by atoms with van der Waals surface area (Å²) < 4.78 is 0. The number of anilines is 1. The van der Waals surface area contributed by atoms with Gasteiger partial charge < -0.3 is 10.4 Å². The van der Waals surface area contributed by atoms with Gasteiger partial charge in [-0.15, -0.1) is 0 Å². The van der Waals surface area contributed by atoms with E-state index in [4.69, 9.17) is 5.11 Å². The normalized spacial score (nSPS) is 9.95. The quantitative estimate of drug-likeness (QED) is 0.899. The zero-order chi connectivity index (χ0) is 15.4. The van der Waals surface area contributed by atoms with Gasteiger partial charge in [-0.05, 0) is 24.6 Å². The SMILES string of the molecule is C=C(C)c1cccc(NC(=O)c2nccnc2C(=O)O)c1. The second-order valence-corrected chi connectivity index (χ2v) is 4.37. The van der Waals surface area contributed by atoms with Crippen molar-refractivity contribution in [2.45, 2.75) is 6.92 Å². The van der Waals surface area contributed by atoms with E-state index in [-0.39, 0.29) is 11.4 Å². The van der Waals surface area contributed by atoms with Crippen LogP contribution in [0.2, 0.25) is 0 Å². The summed E-state index contributed by atoms with van der Waals surface area (Å²) in [4.78, 5) is 30.6. The fourth-order valence-corrected chi connectivity index (χ4v) is 1.71. The van der Waals surface area contributed by atoms with E-state index in [1.165, 1.54) is 12.4 Å². The Kier molecular flexibility index (Phi) is 4.08. The van der Waals surface area contributed by atoms with Gasteiger partial charge in [-0.25, -0.2) is 14.8 Å². The number of hydrogen-bond donors (Lipinski definition) is 2. The molecule has 2 rings (SSSR count). The predicted octanol–water partition coefficient (Wildman–Crippen LogP) is 2.46. The van der Waals surface area contributed by atoms with Gasteiger partial charge in [-0.1, -0.05) is 24.3 Å². The van der Waals surface area contributed by atoms with Crippen molar-refractivity contribution in [3.63, 3.8) is 0 Å². The molecule has 0 aliphatic carbocycles. The third-order valence-corrected chi connectivity index (χ3v) is 2.73. The highest BCUT2D eigenvalue weighted by molar-refractivity contribution is 6.08. The maximum absolute atomic E-state index is 12.1. The number of aromatic nitrogens is 2. The number of amides is 1. The number of carbonyl (C=O) groups excluding carboxylic acids is 1. The molecule has 0 saturated heterocycles. The first-order chi connectivity index (χ1) is 9.99. The van der Waals surface area contributed by atoms with E-state index < -0.39 is 11.9 Å². The van der Waals surface area contributed by atoms with Crippen molar-refractivity contribution >= 4 is 23.1 Å². The molecule has 2 aromatic rings. The van der Waals surface area contributed by atoms with Gasteiger partial charge >= 0.3 is 5.97 Å². The molecule has 0 aliphatic heterocycles. The molecule has 106 valence electrons. The largest absolute Gasteiger partial charge is 0.476 e. The highest BCUT2D eigenvalue weighted by atomic mass is 16.4.